The number of hydrogen-bond acceptors (Lipinski definition) is 1. The van der Waals surface area contributed by atoms with Gasteiger partial charge in [0.05, 0.1) is 0 Å². The lowest BCUT2D eigenvalue weighted by Crippen LogP contribution is -2.08. The van der Waals surface area contributed by atoms with Crippen molar-refractivity contribution in [3.63, 3.8) is 0 Å². The van der Waals surface area contributed by atoms with Crippen LogP contribution in [0.3, 0.4) is 0 Å². The topological polar surface area (TPSA) is 20.2 Å². The number of rotatable bonds is 2. The van der Waals surface area contributed by atoms with Crippen LogP contribution in [-0.4, -0.2) is 11.7 Å². The summed E-state index contributed by atoms with van der Waals surface area (Å²) in [6.45, 7) is 4.63. The third-order valence-electron chi connectivity index (χ3n) is 2.39. The Morgan fingerprint density at radius 3 is 2.90 bits per heavy atom. The summed E-state index contributed by atoms with van der Waals surface area (Å²) in [5, 5.41) is 8.87. The summed E-state index contributed by atoms with van der Waals surface area (Å²) < 4.78 is 0. The van der Waals surface area contributed by atoms with Gasteiger partial charge in [-0.3, -0.25) is 0 Å². The molecule has 58 valence electrons. The molecule has 0 radical (unpaired) electrons. The van der Waals surface area contributed by atoms with Gasteiger partial charge in [0.25, 0.3) is 0 Å². The molecule has 1 rings (SSSR count). The Labute approximate surface area is 62.8 Å². The van der Waals surface area contributed by atoms with E-state index in [4.69, 9.17) is 5.11 Å². The fraction of sp³-hybridized carbons (Fsp3) is 0.778. The van der Waals surface area contributed by atoms with Gasteiger partial charge in [0.15, 0.2) is 0 Å². The van der Waals surface area contributed by atoms with Gasteiger partial charge in [-0.1, -0.05) is 25.5 Å². The highest BCUT2D eigenvalue weighted by Gasteiger charge is 2.18. The van der Waals surface area contributed by atoms with E-state index in [0.29, 0.717) is 18.4 Å². The van der Waals surface area contributed by atoms with Gasteiger partial charge in [0, 0.05) is 12.5 Å². The summed E-state index contributed by atoms with van der Waals surface area (Å²) in [6, 6.07) is 0. The molecule has 1 aliphatic carbocycles. The molecular weight excluding hydrogens is 124 g/mol. The molecule has 0 heterocycles. The molecule has 2 atom stereocenters. The van der Waals surface area contributed by atoms with E-state index in [1.165, 1.54) is 18.4 Å². The fourth-order valence-corrected chi connectivity index (χ4v) is 1.66. The van der Waals surface area contributed by atoms with Gasteiger partial charge in [-0.2, -0.15) is 0 Å². The van der Waals surface area contributed by atoms with Crippen molar-refractivity contribution in [3.05, 3.63) is 11.6 Å². The summed E-state index contributed by atoms with van der Waals surface area (Å²) in [4.78, 5) is 0. The summed E-state index contributed by atoms with van der Waals surface area (Å²) >= 11 is 0. The minimum Gasteiger partial charge on any atom is -0.396 e. The molecule has 1 N–H and O–H groups in total. The van der Waals surface area contributed by atoms with E-state index in [1.54, 1.807) is 0 Å². The molecule has 0 aliphatic heterocycles. The Kier molecular flexibility index (Phi) is 2.50. The third kappa shape index (κ3) is 1.40. The molecule has 0 bridgehead atoms. The Morgan fingerprint density at radius 1 is 1.80 bits per heavy atom. The Bertz CT molecular complexity index is 138. The van der Waals surface area contributed by atoms with Crippen LogP contribution >= 0.6 is 0 Å². The summed E-state index contributed by atoms with van der Waals surface area (Å²) in [6.07, 6.45) is 4.77. The minimum absolute atomic E-state index is 0.302. The Hall–Kier alpha value is -0.300. The predicted molar refractivity (Wildman–Crippen MR) is 42.7 cm³/mol. The second-order valence-electron chi connectivity index (χ2n) is 3.27. The van der Waals surface area contributed by atoms with Crippen molar-refractivity contribution in [2.45, 2.75) is 26.7 Å². The second-order valence-corrected chi connectivity index (χ2v) is 3.27. The number of aliphatic hydroxyl groups excluding tert-OH is 1. The van der Waals surface area contributed by atoms with E-state index in [1.807, 2.05) is 0 Å². The zero-order chi connectivity index (χ0) is 7.56. The van der Waals surface area contributed by atoms with Gasteiger partial charge in [-0.25, -0.2) is 0 Å². The van der Waals surface area contributed by atoms with Crippen LogP contribution in [0.2, 0.25) is 0 Å². The summed E-state index contributed by atoms with van der Waals surface area (Å²) in [5.74, 6) is 1.10. The largest absolute Gasteiger partial charge is 0.396 e. The van der Waals surface area contributed by atoms with Crippen molar-refractivity contribution in [2.75, 3.05) is 6.61 Å². The lowest BCUT2D eigenvalue weighted by atomic mass is 9.93. The Morgan fingerprint density at radius 2 is 2.50 bits per heavy atom. The van der Waals surface area contributed by atoms with E-state index in [-0.39, 0.29) is 0 Å². The van der Waals surface area contributed by atoms with Crippen LogP contribution < -0.4 is 0 Å². The van der Waals surface area contributed by atoms with Gasteiger partial charge in [0.1, 0.15) is 0 Å². The molecule has 0 saturated heterocycles. The van der Waals surface area contributed by atoms with Gasteiger partial charge in [0.2, 0.25) is 0 Å². The monoisotopic (exact) mass is 140 g/mol. The molecule has 0 amide bonds. The van der Waals surface area contributed by atoms with Crippen LogP contribution in [0.4, 0.5) is 0 Å². The lowest BCUT2D eigenvalue weighted by Gasteiger charge is -2.14. The highest BCUT2D eigenvalue weighted by Crippen LogP contribution is 2.30. The molecule has 0 fully saturated rings. The molecule has 1 heteroatoms. The van der Waals surface area contributed by atoms with E-state index in [9.17, 15) is 0 Å². The van der Waals surface area contributed by atoms with Crippen molar-refractivity contribution < 1.29 is 5.11 Å². The maximum absolute atomic E-state index is 8.87. The predicted octanol–water partition coefficient (Wildman–Crippen LogP) is 1.97. The van der Waals surface area contributed by atoms with Gasteiger partial charge in [-0.15, -0.1) is 0 Å². The molecule has 0 aromatic heterocycles. The first-order valence-electron chi connectivity index (χ1n) is 4.06. The minimum atomic E-state index is 0.302. The molecule has 0 saturated carbocycles. The molecule has 10 heavy (non-hydrogen) atoms. The summed E-state index contributed by atoms with van der Waals surface area (Å²) in [7, 11) is 0. The van der Waals surface area contributed by atoms with Crippen LogP contribution in [-0.2, 0) is 0 Å². The second kappa shape index (κ2) is 3.20. The molecule has 1 aliphatic rings. The van der Waals surface area contributed by atoms with Crippen LogP contribution in [0.5, 0.6) is 0 Å². The highest BCUT2D eigenvalue weighted by molar-refractivity contribution is 5.14. The van der Waals surface area contributed by atoms with E-state index in [0.717, 1.165) is 0 Å². The van der Waals surface area contributed by atoms with Crippen molar-refractivity contribution in [3.8, 4) is 0 Å². The standard InChI is InChI=1S/C9H16O/c1-7-4-3-5-9(7)8(2)6-10/h5,7-8,10H,3-4,6H2,1-2H3/t7-,8-/m1/s1. The average Bonchev–Trinajstić information content (AvgIpc) is 2.34. The molecule has 0 unspecified atom stereocenters. The number of hydrogen-bond donors (Lipinski definition) is 1. The summed E-state index contributed by atoms with van der Waals surface area (Å²) in [5.41, 5.74) is 1.46. The normalized spacial score (nSPS) is 28.3. The maximum atomic E-state index is 8.87. The smallest absolute Gasteiger partial charge is 0.0493 e. The molecular formula is C9H16O. The van der Waals surface area contributed by atoms with E-state index in [2.05, 4.69) is 19.9 Å². The molecule has 0 aromatic carbocycles. The van der Waals surface area contributed by atoms with E-state index < -0.39 is 0 Å². The number of allylic oxidation sites excluding steroid dienone is 1. The highest BCUT2D eigenvalue weighted by atomic mass is 16.3. The van der Waals surface area contributed by atoms with Crippen LogP contribution in [0, 0.1) is 11.8 Å². The average molecular weight is 140 g/mol. The van der Waals surface area contributed by atoms with Crippen LogP contribution in [0.15, 0.2) is 11.6 Å². The van der Waals surface area contributed by atoms with Crippen molar-refractivity contribution in [1.29, 1.82) is 0 Å². The SMILES string of the molecule is C[C@H](CO)C1=CCC[C@H]1C. The Balaban J connectivity index is 2.53. The zero-order valence-corrected chi connectivity index (χ0v) is 6.80. The third-order valence-corrected chi connectivity index (χ3v) is 2.39. The molecule has 1 nitrogen and oxygen atoms in total. The molecule has 0 spiro atoms. The maximum Gasteiger partial charge on any atom is 0.0493 e. The van der Waals surface area contributed by atoms with E-state index >= 15 is 0 Å². The fourth-order valence-electron chi connectivity index (χ4n) is 1.66. The quantitative estimate of drug-likeness (QED) is 0.581. The van der Waals surface area contributed by atoms with Crippen molar-refractivity contribution in [1.82, 2.24) is 0 Å². The van der Waals surface area contributed by atoms with Crippen LogP contribution in [0.25, 0.3) is 0 Å². The first-order chi connectivity index (χ1) is 4.75. The first kappa shape index (κ1) is 7.80. The zero-order valence-electron chi connectivity index (χ0n) is 6.80. The number of aliphatic hydroxyl groups is 1. The van der Waals surface area contributed by atoms with Crippen molar-refractivity contribution in [2.24, 2.45) is 11.8 Å². The lowest BCUT2D eigenvalue weighted by molar-refractivity contribution is 0.250. The van der Waals surface area contributed by atoms with Gasteiger partial charge < -0.3 is 5.11 Å². The van der Waals surface area contributed by atoms with Gasteiger partial charge in [-0.05, 0) is 18.8 Å². The first-order valence-corrected chi connectivity index (χ1v) is 4.06. The van der Waals surface area contributed by atoms with Crippen molar-refractivity contribution >= 4 is 0 Å². The van der Waals surface area contributed by atoms with Gasteiger partial charge >= 0.3 is 0 Å². The molecule has 0 aromatic rings. The van der Waals surface area contributed by atoms with Crippen LogP contribution in [0.1, 0.15) is 26.7 Å².